The zero-order valence-electron chi connectivity index (χ0n) is 27.0. The van der Waals surface area contributed by atoms with Crippen molar-refractivity contribution in [3.63, 3.8) is 0 Å². The van der Waals surface area contributed by atoms with Crippen LogP contribution in [-0.2, 0) is 56.8 Å². The average molecular weight is 630 g/mol. The van der Waals surface area contributed by atoms with Gasteiger partial charge in [0.25, 0.3) is 0 Å². The molecule has 43 heavy (non-hydrogen) atoms. The van der Waals surface area contributed by atoms with E-state index in [-0.39, 0.29) is 0 Å². The highest BCUT2D eigenvalue weighted by Crippen LogP contribution is 1.98. The van der Waals surface area contributed by atoms with E-state index in [2.05, 4.69) is 6.92 Å². The topological polar surface area (TPSA) is 137 Å². The van der Waals surface area contributed by atoms with Gasteiger partial charge < -0.3 is 62.6 Å². The van der Waals surface area contributed by atoms with Crippen LogP contribution >= 0.6 is 0 Å². The van der Waals surface area contributed by atoms with Gasteiger partial charge in [-0.25, -0.2) is 0 Å². The number of rotatable bonds is 40. The van der Waals surface area contributed by atoms with Crippen LogP contribution in [0.5, 0.6) is 0 Å². The van der Waals surface area contributed by atoms with E-state index in [0.29, 0.717) is 159 Å². The van der Waals surface area contributed by atoms with E-state index < -0.39 is 0 Å². The summed E-state index contributed by atoms with van der Waals surface area (Å²) in [7, 11) is 0. The Bertz CT molecular complexity index is 442. The van der Waals surface area contributed by atoms with E-state index in [4.69, 9.17) is 62.6 Å². The summed E-state index contributed by atoms with van der Waals surface area (Å²) < 4.78 is 65.3. The van der Waals surface area contributed by atoms with Gasteiger partial charge >= 0.3 is 0 Å². The molecule has 13 nitrogen and oxygen atoms in total. The number of nitrogens with two attached hydrogens (primary N) is 1. The zero-order valence-corrected chi connectivity index (χ0v) is 27.0. The van der Waals surface area contributed by atoms with Gasteiger partial charge in [-0.3, -0.25) is 0 Å². The van der Waals surface area contributed by atoms with Gasteiger partial charge in [0, 0.05) is 13.2 Å². The molecule has 0 aliphatic rings. The molecule has 0 aromatic carbocycles. The van der Waals surface area contributed by atoms with Gasteiger partial charge in [0.15, 0.2) is 0 Å². The van der Waals surface area contributed by atoms with Crippen molar-refractivity contribution in [1.29, 1.82) is 0 Å². The Morgan fingerprint density at radius 1 is 0.256 bits per heavy atom. The van der Waals surface area contributed by atoms with Gasteiger partial charge in [0.2, 0.25) is 0 Å². The molecule has 0 amide bonds. The van der Waals surface area contributed by atoms with Crippen LogP contribution in [0.3, 0.4) is 0 Å². The Kier molecular flexibility index (Phi) is 41.0. The fourth-order valence-corrected chi connectivity index (χ4v) is 3.24. The quantitative estimate of drug-likeness (QED) is 0.0986. The first-order chi connectivity index (χ1) is 21.4. The monoisotopic (exact) mass is 629 g/mol. The van der Waals surface area contributed by atoms with Gasteiger partial charge in [0.1, 0.15) is 0 Å². The fraction of sp³-hybridized carbons (Fsp3) is 1.00. The molecule has 0 aromatic heterocycles. The molecule has 0 saturated heterocycles. The maximum atomic E-state index is 5.52. The first-order valence-electron chi connectivity index (χ1n) is 16.0. The summed E-state index contributed by atoms with van der Waals surface area (Å²) in [6, 6.07) is 0. The van der Waals surface area contributed by atoms with Gasteiger partial charge in [0.05, 0.1) is 152 Å². The SMILES string of the molecule is CCCCCCOCCOCCOCCOCCOCCOCCOCCOCCOCCOCCOCCOCCN. The van der Waals surface area contributed by atoms with Gasteiger partial charge in [-0.05, 0) is 6.42 Å². The van der Waals surface area contributed by atoms with Crippen molar-refractivity contribution in [3.05, 3.63) is 0 Å². The fourth-order valence-electron chi connectivity index (χ4n) is 3.24. The normalized spacial score (nSPS) is 11.6. The van der Waals surface area contributed by atoms with E-state index in [1.54, 1.807) is 0 Å². The number of ether oxygens (including phenoxy) is 12. The van der Waals surface area contributed by atoms with Crippen molar-refractivity contribution >= 4 is 0 Å². The van der Waals surface area contributed by atoms with Gasteiger partial charge in [-0.2, -0.15) is 0 Å². The Hall–Kier alpha value is -0.520. The van der Waals surface area contributed by atoms with Crippen LogP contribution in [0.4, 0.5) is 0 Å². The van der Waals surface area contributed by atoms with Crippen molar-refractivity contribution in [1.82, 2.24) is 0 Å². The Morgan fingerprint density at radius 2 is 0.465 bits per heavy atom. The molecule has 0 heterocycles. The number of hydrogen-bond donors (Lipinski definition) is 1. The van der Waals surface area contributed by atoms with Crippen molar-refractivity contribution in [2.45, 2.75) is 32.6 Å². The van der Waals surface area contributed by atoms with E-state index in [1.807, 2.05) is 0 Å². The second-order valence-corrected chi connectivity index (χ2v) is 9.20. The highest BCUT2D eigenvalue weighted by molar-refractivity contribution is 4.41. The molecule has 0 aliphatic heterocycles. The van der Waals surface area contributed by atoms with E-state index in [0.717, 1.165) is 13.0 Å². The summed E-state index contributed by atoms with van der Waals surface area (Å²) >= 11 is 0. The summed E-state index contributed by atoms with van der Waals surface area (Å²) in [6.45, 7) is 16.0. The second kappa shape index (κ2) is 41.5. The lowest BCUT2D eigenvalue weighted by Crippen LogP contribution is -2.15. The minimum atomic E-state index is 0.516. The minimum Gasteiger partial charge on any atom is -0.379 e. The van der Waals surface area contributed by atoms with E-state index in [1.165, 1.54) is 19.3 Å². The average Bonchev–Trinajstić information content (AvgIpc) is 3.02. The van der Waals surface area contributed by atoms with Crippen LogP contribution in [0, 0.1) is 0 Å². The van der Waals surface area contributed by atoms with Crippen molar-refractivity contribution in [2.24, 2.45) is 5.73 Å². The van der Waals surface area contributed by atoms with Crippen LogP contribution in [0.2, 0.25) is 0 Å². The standard InChI is InChI=1S/C30H63NO12/c1-2-3-4-5-7-32-9-11-34-13-15-36-17-19-38-21-23-40-25-27-42-29-30-43-28-26-41-24-22-39-20-18-37-16-14-35-12-10-33-8-6-31/h2-31H2,1H3. The third-order valence-electron chi connectivity index (χ3n) is 5.50. The molecule has 0 spiro atoms. The van der Waals surface area contributed by atoms with Crippen LogP contribution < -0.4 is 5.73 Å². The van der Waals surface area contributed by atoms with E-state index >= 15 is 0 Å². The van der Waals surface area contributed by atoms with Crippen LogP contribution in [0.1, 0.15) is 32.6 Å². The van der Waals surface area contributed by atoms with E-state index in [9.17, 15) is 0 Å². The van der Waals surface area contributed by atoms with Crippen molar-refractivity contribution in [2.75, 3.05) is 165 Å². The molecular formula is C30H63NO12. The molecule has 0 bridgehead atoms. The molecule has 2 N–H and O–H groups in total. The number of unbranched alkanes of at least 4 members (excludes halogenated alkanes) is 3. The lowest BCUT2D eigenvalue weighted by atomic mass is 10.2. The molecule has 0 rings (SSSR count). The molecule has 0 aliphatic carbocycles. The maximum Gasteiger partial charge on any atom is 0.0701 e. The third kappa shape index (κ3) is 41.5. The van der Waals surface area contributed by atoms with Crippen molar-refractivity contribution in [3.8, 4) is 0 Å². The molecule has 0 aromatic rings. The van der Waals surface area contributed by atoms with Crippen LogP contribution in [-0.4, -0.2) is 165 Å². The first-order valence-corrected chi connectivity index (χ1v) is 16.0. The lowest BCUT2D eigenvalue weighted by Gasteiger charge is -2.09. The van der Waals surface area contributed by atoms with Crippen LogP contribution in [0.15, 0.2) is 0 Å². The Balaban J connectivity index is 3.02. The summed E-state index contributed by atoms with van der Waals surface area (Å²) in [4.78, 5) is 0. The van der Waals surface area contributed by atoms with Gasteiger partial charge in [-0.1, -0.05) is 26.2 Å². The summed E-state index contributed by atoms with van der Waals surface area (Å²) in [5.74, 6) is 0. The molecule has 0 radical (unpaired) electrons. The summed E-state index contributed by atoms with van der Waals surface area (Å²) in [5, 5.41) is 0. The highest BCUT2D eigenvalue weighted by atomic mass is 16.6. The number of hydrogen-bond acceptors (Lipinski definition) is 13. The van der Waals surface area contributed by atoms with Crippen LogP contribution in [0.25, 0.3) is 0 Å². The predicted octanol–water partition coefficient (Wildman–Crippen LogP) is 1.72. The third-order valence-corrected chi connectivity index (χ3v) is 5.50. The second-order valence-electron chi connectivity index (χ2n) is 9.20. The predicted molar refractivity (Wildman–Crippen MR) is 163 cm³/mol. The largest absolute Gasteiger partial charge is 0.379 e. The maximum absolute atomic E-state index is 5.52. The molecule has 0 saturated carbocycles. The zero-order chi connectivity index (χ0) is 31.0. The molecule has 0 unspecified atom stereocenters. The highest BCUT2D eigenvalue weighted by Gasteiger charge is 1.97. The van der Waals surface area contributed by atoms with Crippen molar-refractivity contribution < 1.29 is 56.8 Å². The molecule has 0 fully saturated rings. The Labute approximate surface area is 260 Å². The molecule has 260 valence electrons. The molecule has 13 heteroatoms. The first kappa shape index (κ1) is 42.5. The molecule has 0 atom stereocenters. The summed E-state index contributed by atoms with van der Waals surface area (Å²) in [6.07, 6.45) is 4.90. The molecular weight excluding hydrogens is 566 g/mol. The van der Waals surface area contributed by atoms with Gasteiger partial charge in [-0.15, -0.1) is 0 Å². The Morgan fingerprint density at radius 3 is 0.674 bits per heavy atom. The smallest absolute Gasteiger partial charge is 0.0701 e. The summed E-state index contributed by atoms with van der Waals surface area (Å²) in [5.41, 5.74) is 5.33. The lowest BCUT2D eigenvalue weighted by molar-refractivity contribution is -0.0283. The minimum absolute atomic E-state index is 0.516.